The van der Waals surface area contributed by atoms with Crippen molar-refractivity contribution < 1.29 is 9.53 Å². The van der Waals surface area contributed by atoms with Gasteiger partial charge in [-0.25, -0.2) is 0 Å². The topological polar surface area (TPSA) is 41.6 Å². The molecule has 0 atom stereocenters. The van der Waals surface area contributed by atoms with E-state index in [0.717, 1.165) is 28.8 Å². The van der Waals surface area contributed by atoms with E-state index in [1.807, 2.05) is 37.1 Å². The van der Waals surface area contributed by atoms with Crippen LogP contribution in [0.1, 0.15) is 18.9 Å². The molecule has 1 aromatic rings. The molecule has 0 aliphatic heterocycles. The number of likely N-dealkylation sites (N-methyl/N-ethyl adjacent to an activating group) is 1. The maximum atomic E-state index is 11.6. The second kappa shape index (κ2) is 8.17. The van der Waals surface area contributed by atoms with Crippen molar-refractivity contribution in [1.82, 2.24) is 10.2 Å². The van der Waals surface area contributed by atoms with Gasteiger partial charge in [-0.05, 0) is 31.7 Å². The quantitative estimate of drug-likeness (QED) is 0.835. The second-order valence-corrected chi connectivity index (χ2v) is 5.39. The van der Waals surface area contributed by atoms with Crippen LogP contribution >= 0.6 is 15.9 Å². The molecule has 0 unspecified atom stereocenters. The van der Waals surface area contributed by atoms with Crippen molar-refractivity contribution in [3.63, 3.8) is 0 Å². The van der Waals surface area contributed by atoms with Crippen molar-refractivity contribution in [2.75, 3.05) is 27.2 Å². The number of benzene rings is 1. The minimum Gasteiger partial charge on any atom is -0.496 e. The molecule has 0 bridgehead atoms. The normalized spacial score (nSPS) is 10.6. The van der Waals surface area contributed by atoms with Crippen LogP contribution in [0.25, 0.3) is 0 Å². The molecule has 0 aliphatic rings. The van der Waals surface area contributed by atoms with Gasteiger partial charge in [-0.2, -0.15) is 0 Å². The lowest BCUT2D eigenvalue weighted by atomic mass is 10.2. The van der Waals surface area contributed by atoms with E-state index in [4.69, 9.17) is 4.74 Å². The zero-order valence-electron chi connectivity index (χ0n) is 11.7. The lowest BCUT2D eigenvalue weighted by molar-refractivity contribution is -0.122. The fourth-order valence-electron chi connectivity index (χ4n) is 1.78. The Kier molecular flexibility index (Phi) is 6.87. The van der Waals surface area contributed by atoms with Crippen molar-refractivity contribution >= 4 is 21.8 Å². The number of amides is 1. The van der Waals surface area contributed by atoms with Gasteiger partial charge in [-0.3, -0.25) is 9.69 Å². The van der Waals surface area contributed by atoms with Crippen molar-refractivity contribution in [2.24, 2.45) is 0 Å². The number of nitrogens with one attached hydrogen (secondary N) is 1. The molecule has 4 nitrogen and oxygen atoms in total. The van der Waals surface area contributed by atoms with Crippen LogP contribution in [0.4, 0.5) is 0 Å². The van der Waals surface area contributed by atoms with Crippen LogP contribution in [0.5, 0.6) is 5.75 Å². The van der Waals surface area contributed by atoms with Gasteiger partial charge in [0.25, 0.3) is 0 Å². The van der Waals surface area contributed by atoms with E-state index in [9.17, 15) is 4.79 Å². The van der Waals surface area contributed by atoms with Gasteiger partial charge >= 0.3 is 0 Å². The first kappa shape index (κ1) is 16.0. The van der Waals surface area contributed by atoms with Crippen LogP contribution in [0, 0.1) is 0 Å². The summed E-state index contributed by atoms with van der Waals surface area (Å²) in [6.07, 6.45) is 0.953. The Morgan fingerprint density at radius 2 is 2.21 bits per heavy atom. The summed E-state index contributed by atoms with van der Waals surface area (Å²) < 4.78 is 6.33. The lowest BCUT2D eigenvalue weighted by Gasteiger charge is -2.18. The van der Waals surface area contributed by atoms with Crippen LogP contribution in [0.3, 0.4) is 0 Å². The zero-order valence-corrected chi connectivity index (χ0v) is 13.3. The van der Waals surface area contributed by atoms with Gasteiger partial charge in [0.1, 0.15) is 5.75 Å². The highest BCUT2D eigenvalue weighted by Gasteiger charge is 2.10. The highest BCUT2D eigenvalue weighted by molar-refractivity contribution is 9.10. The van der Waals surface area contributed by atoms with Crippen LogP contribution in [-0.4, -0.2) is 38.1 Å². The first-order chi connectivity index (χ1) is 9.06. The lowest BCUT2D eigenvalue weighted by Crippen LogP contribution is -2.35. The van der Waals surface area contributed by atoms with Crippen LogP contribution in [0.2, 0.25) is 0 Å². The summed E-state index contributed by atoms with van der Waals surface area (Å²) >= 11 is 3.45. The third-order valence-corrected chi connectivity index (χ3v) is 3.16. The highest BCUT2D eigenvalue weighted by atomic mass is 79.9. The number of hydrogen-bond acceptors (Lipinski definition) is 3. The van der Waals surface area contributed by atoms with Gasteiger partial charge < -0.3 is 10.1 Å². The third kappa shape index (κ3) is 5.61. The van der Waals surface area contributed by atoms with Crippen molar-refractivity contribution in [3.8, 4) is 5.75 Å². The summed E-state index contributed by atoms with van der Waals surface area (Å²) in [5, 5.41) is 2.87. The predicted molar refractivity (Wildman–Crippen MR) is 80.3 cm³/mol. The largest absolute Gasteiger partial charge is 0.496 e. The molecule has 1 rings (SSSR count). The fraction of sp³-hybridized carbons (Fsp3) is 0.500. The maximum Gasteiger partial charge on any atom is 0.234 e. The molecule has 0 aromatic heterocycles. The van der Waals surface area contributed by atoms with Gasteiger partial charge in [0, 0.05) is 23.1 Å². The van der Waals surface area contributed by atoms with Gasteiger partial charge in [-0.1, -0.05) is 22.9 Å². The number of hydrogen-bond donors (Lipinski definition) is 1. The molecular weight excluding hydrogens is 308 g/mol. The maximum absolute atomic E-state index is 11.6. The van der Waals surface area contributed by atoms with E-state index >= 15 is 0 Å². The highest BCUT2D eigenvalue weighted by Crippen LogP contribution is 2.23. The summed E-state index contributed by atoms with van der Waals surface area (Å²) in [6.45, 7) is 3.82. The average molecular weight is 329 g/mol. The molecule has 1 N–H and O–H groups in total. The molecule has 5 heteroatoms. The van der Waals surface area contributed by atoms with Gasteiger partial charge in [0.05, 0.1) is 13.7 Å². The van der Waals surface area contributed by atoms with E-state index < -0.39 is 0 Å². The molecule has 1 aromatic carbocycles. The summed E-state index contributed by atoms with van der Waals surface area (Å²) in [5.41, 5.74) is 1.06. The van der Waals surface area contributed by atoms with E-state index in [0.29, 0.717) is 13.1 Å². The SMILES string of the molecule is CCCNC(=O)CN(C)Cc1cc(Br)ccc1OC. The van der Waals surface area contributed by atoms with Crippen molar-refractivity contribution in [1.29, 1.82) is 0 Å². The second-order valence-electron chi connectivity index (χ2n) is 4.48. The molecule has 0 radical (unpaired) electrons. The van der Waals surface area contributed by atoms with Gasteiger partial charge in [0.15, 0.2) is 0 Å². The monoisotopic (exact) mass is 328 g/mol. The molecule has 0 fully saturated rings. The summed E-state index contributed by atoms with van der Waals surface area (Å²) in [6, 6.07) is 5.87. The average Bonchev–Trinajstić information content (AvgIpc) is 2.36. The summed E-state index contributed by atoms with van der Waals surface area (Å²) in [5.74, 6) is 0.891. The van der Waals surface area contributed by atoms with Gasteiger partial charge in [0.2, 0.25) is 5.91 Å². The standard InChI is InChI=1S/C14H21BrN2O2/c1-4-7-16-14(18)10-17(2)9-11-8-12(15)5-6-13(11)19-3/h5-6,8H,4,7,9-10H2,1-3H3,(H,16,18). The van der Waals surface area contributed by atoms with Crippen LogP contribution < -0.4 is 10.1 Å². The van der Waals surface area contributed by atoms with E-state index in [2.05, 4.69) is 21.2 Å². The first-order valence-electron chi connectivity index (χ1n) is 6.34. The van der Waals surface area contributed by atoms with Crippen molar-refractivity contribution in [3.05, 3.63) is 28.2 Å². The fourth-order valence-corrected chi connectivity index (χ4v) is 2.19. The van der Waals surface area contributed by atoms with Crippen LogP contribution in [0.15, 0.2) is 22.7 Å². The number of carbonyl (C=O) groups is 1. The van der Waals surface area contributed by atoms with Crippen LogP contribution in [-0.2, 0) is 11.3 Å². The molecular formula is C14H21BrN2O2. The van der Waals surface area contributed by atoms with Gasteiger partial charge in [-0.15, -0.1) is 0 Å². The molecule has 106 valence electrons. The summed E-state index contributed by atoms with van der Waals surface area (Å²) in [7, 11) is 3.58. The third-order valence-electron chi connectivity index (χ3n) is 2.67. The number of ether oxygens (including phenoxy) is 1. The Morgan fingerprint density at radius 3 is 2.84 bits per heavy atom. The Labute approximate surface area is 123 Å². The minimum absolute atomic E-state index is 0.0540. The molecule has 0 saturated carbocycles. The number of nitrogens with zero attached hydrogens (tertiary/aromatic N) is 1. The molecule has 19 heavy (non-hydrogen) atoms. The predicted octanol–water partition coefficient (Wildman–Crippen LogP) is 2.42. The number of rotatable bonds is 7. The number of methoxy groups -OCH3 is 1. The first-order valence-corrected chi connectivity index (χ1v) is 7.13. The van der Waals surface area contributed by atoms with Crippen molar-refractivity contribution in [2.45, 2.75) is 19.9 Å². The number of carbonyl (C=O) groups excluding carboxylic acids is 1. The molecule has 0 aliphatic carbocycles. The molecule has 1 amide bonds. The zero-order chi connectivity index (χ0) is 14.3. The van der Waals surface area contributed by atoms with E-state index in [1.165, 1.54) is 0 Å². The Morgan fingerprint density at radius 1 is 1.47 bits per heavy atom. The molecule has 0 spiro atoms. The Balaban J connectivity index is 2.58. The number of halogens is 1. The molecule has 0 heterocycles. The smallest absolute Gasteiger partial charge is 0.234 e. The summed E-state index contributed by atoms with van der Waals surface area (Å²) in [4.78, 5) is 13.6. The minimum atomic E-state index is 0.0540. The van der Waals surface area contributed by atoms with E-state index in [1.54, 1.807) is 7.11 Å². The Bertz CT molecular complexity index is 424. The molecule has 0 saturated heterocycles. The Hall–Kier alpha value is -1.07. The van der Waals surface area contributed by atoms with E-state index in [-0.39, 0.29) is 5.91 Å².